The van der Waals surface area contributed by atoms with Crippen molar-refractivity contribution in [3.05, 3.63) is 30.1 Å². The number of guanidine groups is 1. The predicted molar refractivity (Wildman–Crippen MR) is 98.6 cm³/mol. The van der Waals surface area contributed by atoms with Crippen LogP contribution in [0.25, 0.3) is 0 Å². The van der Waals surface area contributed by atoms with Crippen LogP contribution in [0.15, 0.2) is 34.2 Å². The van der Waals surface area contributed by atoms with Gasteiger partial charge in [0.15, 0.2) is 5.96 Å². The molecule has 9 heteroatoms. The van der Waals surface area contributed by atoms with Crippen molar-refractivity contribution >= 4 is 27.7 Å². The Labute approximate surface area is 147 Å². The van der Waals surface area contributed by atoms with Gasteiger partial charge in [-0.25, -0.2) is 17.5 Å². The summed E-state index contributed by atoms with van der Waals surface area (Å²) < 4.78 is 37.1. The van der Waals surface area contributed by atoms with Crippen molar-refractivity contribution < 1.29 is 12.8 Å². The predicted octanol–water partition coefficient (Wildman–Crippen LogP) is 1.41. The van der Waals surface area contributed by atoms with Gasteiger partial charge in [-0.2, -0.15) is 0 Å². The summed E-state index contributed by atoms with van der Waals surface area (Å²) in [4.78, 5) is 5.16. The fraction of sp³-hybridized carbons (Fsp3) is 0.533. The molecule has 0 fully saturated rings. The molecule has 0 bridgehead atoms. The molecule has 0 saturated carbocycles. The second-order valence-corrected chi connectivity index (χ2v) is 8.10. The van der Waals surface area contributed by atoms with Crippen molar-refractivity contribution in [1.29, 1.82) is 0 Å². The molecule has 0 aromatic heterocycles. The minimum absolute atomic E-state index is 0.220. The van der Waals surface area contributed by atoms with Crippen molar-refractivity contribution in [3.8, 4) is 0 Å². The Morgan fingerprint density at radius 1 is 1.12 bits per heavy atom. The first-order chi connectivity index (χ1) is 11.4. The Morgan fingerprint density at radius 2 is 1.75 bits per heavy atom. The van der Waals surface area contributed by atoms with Gasteiger partial charge >= 0.3 is 0 Å². The molecule has 24 heavy (non-hydrogen) atoms. The smallest absolute Gasteiger partial charge is 0.208 e. The maximum atomic E-state index is 12.8. The van der Waals surface area contributed by atoms with E-state index in [-0.39, 0.29) is 5.82 Å². The van der Waals surface area contributed by atoms with Crippen molar-refractivity contribution in [2.45, 2.75) is 17.7 Å². The van der Waals surface area contributed by atoms with E-state index in [1.165, 1.54) is 12.1 Å². The summed E-state index contributed by atoms with van der Waals surface area (Å²) in [5.74, 6) is 1.40. The zero-order valence-corrected chi connectivity index (χ0v) is 15.6. The number of thioether (sulfide) groups is 1. The number of sulfonamides is 1. The van der Waals surface area contributed by atoms with E-state index < -0.39 is 10.0 Å². The highest BCUT2D eigenvalue weighted by Crippen LogP contribution is 2.18. The molecular formula is C15H25FN4O2S2. The van der Waals surface area contributed by atoms with E-state index >= 15 is 0 Å². The molecule has 0 aliphatic rings. The number of hydrogen-bond donors (Lipinski definition) is 3. The van der Waals surface area contributed by atoms with Gasteiger partial charge in [-0.3, -0.25) is 4.99 Å². The number of hydrogen-bond acceptors (Lipinski definition) is 4. The van der Waals surface area contributed by atoms with Crippen LogP contribution in [-0.2, 0) is 10.0 Å². The Balaban J connectivity index is 2.08. The summed E-state index contributed by atoms with van der Waals surface area (Å²) in [6, 6.07) is 6.48. The molecule has 0 saturated heterocycles. The van der Waals surface area contributed by atoms with E-state index in [1.54, 1.807) is 30.9 Å². The fourth-order valence-electron chi connectivity index (χ4n) is 1.77. The Morgan fingerprint density at radius 3 is 2.33 bits per heavy atom. The van der Waals surface area contributed by atoms with Gasteiger partial charge in [-0.05, 0) is 42.9 Å². The molecule has 0 unspecified atom stereocenters. The van der Waals surface area contributed by atoms with Gasteiger partial charge in [0.1, 0.15) is 5.82 Å². The summed E-state index contributed by atoms with van der Waals surface area (Å²) in [6.45, 7) is 1.80. The Kier molecular flexibility index (Phi) is 9.73. The topological polar surface area (TPSA) is 82.6 Å². The lowest BCUT2D eigenvalue weighted by Gasteiger charge is -2.11. The van der Waals surface area contributed by atoms with E-state index in [2.05, 4.69) is 20.3 Å². The van der Waals surface area contributed by atoms with Gasteiger partial charge in [0.05, 0.1) is 6.26 Å². The van der Waals surface area contributed by atoms with Gasteiger partial charge in [-0.15, -0.1) is 11.8 Å². The molecule has 1 aromatic carbocycles. The van der Waals surface area contributed by atoms with Crippen LogP contribution < -0.4 is 15.4 Å². The van der Waals surface area contributed by atoms with Crippen LogP contribution in [-0.4, -0.2) is 53.1 Å². The van der Waals surface area contributed by atoms with E-state index in [1.807, 2.05) is 0 Å². The monoisotopic (exact) mass is 376 g/mol. The zero-order valence-electron chi connectivity index (χ0n) is 14.0. The van der Waals surface area contributed by atoms with Crippen LogP contribution in [0.5, 0.6) is 0 Å². The molecule has 6 nitrogen and oxygen atoms in total. The molecule has 1 aromatic rings. The molecule has 0 radical (unpaired) electrons. The Hall–Kier alpha value is -1.32. The highest BCUT2D eigenvalue weighted by Gasteiger charge is 2.00. The third kappa shape index (κ3) is 10.5. The van der Waals surface area contributed by atoms with Gasteiger partial charge in [0.2, 0.25) is 10.0 Å². The molecule has 0 amide bonds. The molecule has 0 aliphatic heterocycles. The van der Waals surface area contributed by atoms with E-state index in [0.29, 0.717) is 25.5 Å². The summed E-state index contributed by atoms with van der Waals surface area (Å²) in [7, 11) is -1.43. The lowest BCUT2D eigenvalue weighted by Crippen LogP contribution is -2.39. The van der Waals surface area contributed by atoms with E-state index in [9.17, 15) is 12.8 Å². The molecule has 3 N–H and O–H groups in total. The average molecular weight is 377 g/mol. The number of benzene rings is 1. The maximum Gasteiger partial charge on any atom is 0.208 e. The minimum atomic E-state index is -3.12. The number of nitrogens with zero attached hydrogens (tertiary/aromatic N) is 1. The average Bonchev–Trinajstić information content (AvgIpc) is 2.53. The van der Waals surface area contributed by atoms with Crippen LogP contribution in [0.2, 0.25) is 0 Å². The van der Waals surface area contributed by atoms with Crippen molar-refractivity contribution in [1.82, 2.24) is 15.4 Å². The van der Waals surface area contributed by atoms with E-state index in [4.69, 9.17) is 0 Å². The Bertz CT molecular complexity index is 606. The standard InChI is InChI=1S/C15H25FN4O2S2/c1-17-15(18-9-3-11-20-24(2,21)22)19-10-4-12-23-14-7-5-13(16)6-8-14/h5-8,20H,3-4,9-12H2,1-2H3,(H2,17,18,19). The normalized spacial score (nSPS) is 12.2. The van der Waals surface area contributed by atoms with Crippen molar-refractivity contribution in [2.75, 3.05) is 38.7 Å². The van der Waals surface area contributed by atoms with Crippen LogP contribution in [0.1, 0.15) is 12.8 Å². The first kappa shape index (κ1) is 20.7. The number of rotatable bonds is 10. The van der Waals surface area contributed by atoms with Crippen molar-refractivity contribution in [2.24, 2.45) is 4.99 Å². The first-order valence-corrected chi connectivity index (χ1v) is 10.6. The number of aliphatic imine (C=N–C) groups is 1. The summed E-state index contributed by atoms with van der Waals surface area (Å²) in [5.41, 5.74) is 0. The minimum Gasteiger partial charge on any atom is -0.356 e. The van der Waals surface area contributed by atoms with Gasteiger partial charge in [0.25, 0.3) is 0 Å². The highest BCUT2D eigenvalue weighted by atomic mass is 32.2. The zero-order chi connectivity index (χ0) is 17.8. The number of halogens is 1. The SMILES string of the molecule is CN=C(NCCCNS(C)(=O)=O)NCCCSc1ccc(F)cc1. The van der Waals surface area contributed by atoms with E-state index in [0.717, 1.165) is 29.9 Å². The lowest BCUT2D eigenvalue weighted by atomic mass is 10.4. The van der Waals surface area contributed by atoms with Crippen LogP contribution >= 0.6 is 11.8 Å². The highest BCUT2D eigenvalue weighted by molar-refractivity contribution is 7.99. The first-order valence-electron chi connectivity index (χ1n) is 7.68. The van der Waals surface area contributed by atoms with Crippen LogP contribution in [0, 0.1) is 5.82 Å². The molecule has 0 spiro atoms. The van der Waals surface area contributed by atoms with Crippen LogP contribution in [0.4, 0.5) is 4.39 Å². The third-order valence-electron chi connectivity index (χ3n) is 2.93. The molecule has 0 atom stereocenters. The quantitative estimate of drug-likeness (QED) is 0.249. The molecule has 0 heterocycles. The third-order valence-corrected chi connectivity index (χ3v) is 4.76. The second kappa shape index (κ2) is 11.3. The van der Waals surface area contributed by atoms with Crippen LogP contribution in [0.3, 0.4) is 0 Å². The molecule has 0 aliphatic carbocycles. The van der Waals surface area contributed by atoms with Crippen molar-refractivity contribution in [3.63, 3.8) is 0 Å². The largest absolute Gasteiger partial charge is 0.356 e. The fourth-order valence-corrected chi connectivity index (χ4v) is 3.14. The van der Waals surface area contributed by atoms with Gasteiger partial charge in [-0.1, -0.05) is 0 Å². The second-order valence-electron chi connectivity index (χ2n) is 5.10. The van der Waals surface area contributed by atoms with Gasteiger partial charge < -0.3 is 10.6 Å². The summed E-state index contributed by atoms with van der Waals surface area (Å²) in [5, 5.41) is 6.32. The number of nitrogens with one attached hydrogen (secondary N) is 3. The molecular weight excluding hydrogens is 351 g/mol. The maximum absolute atomic E-state index is 12.8. The summed E-state index contributed by atoms with van der Waals surface area (Å²) in [6.07, 6.45) is 2.76. The lowest BCUT2D eigenvalue weighted by molar-refractivity contribution is 0.584. The van der Waals surface area contributed by atoms with Gasteiger partial charge in [0, 0.05) is 31.6 Å². The molecule has 1 rings (SSSR count). The molecule has 136 valence electrons. The summed E-state index contributed by atoms with van der Waals surface area (Å²) >= 11 is 1.68.